The highest BCUT2D eigenvalue weighted by atomic mass is 32.2. The molecule has 2 aliphatic carbocycles. The van der Waals surface area contributed by atoms with Gasteiger partial charge in [-0.3, -0.25) is 0 Å². The Balaban J connectivity index is 1.30. The predicted molar refractivity (Wildman–Crippen MR) is 101 cm³/mol. The van der Waals surface area contributed by atoms with Crippen LogP contribution in [0.2, 0.25) is 0 Å². The van der Waals surface area contributed by atoms with Crippen molar-refractivity contribution in [3.8, 4) is 0 Å². The summed E-state index contributed by atoms with van der Waals surface area (Å²) in [7, 11) is -6.80. The van der Waals surface area contributed by atoms with Crippen LogP contribution in [-0.4, -0.2) is 51.3 Å². The number of nitrogens with zero attached hydrogens (tertiary/aromatic N) is 1. The first-order valence-electron chi connectivity index (χ1n) is 9.36. The van der Waals surface area contributed by atoms with Gasteiger partial charge in [0.2, 0.25) is 20.0 Å². The van der Waals surface area contributed by atoms with Gasteiger partial charge >= 0.3 is 0 Å². The lowest BCUT2D eigenvalue weighted by atomic mass is 10.1. The summed E-state index contributed by atoms with van der Waals surface area (Å²) in [5, 5.41) is -0.614. The highest BCUT2D eigenvalue weighted by Crippen LogP contribution is 2.42. The molecule has 0 bridgehead atoms. The molecule has 3 atom stereocenters. The molecule has 0 radical (unpaired) electrons. The fourth-order valence-electron chi connectivity index (χ4n) is 3.79. The molecule has 144 valence electrons. The maximum absolute atomic E-state index is 12.7. The van der Waals surface area contributed by atoms with Crippen LogP contribution >= 0.6 is 0 Å². The molecule has 0 spiro atoms. The van der Waals surface area contributed by atoms with Crippen molar-refractivity contribution in [2.75, 3.05) is 18.8 Å². The van der Waals surface area contributed by atoms with E-state index in [1.54, 1.807) is 0 Å². The van der Waals surface area contributed by atoms with Crippen molar-refractivity contribution in [1.29, 1.82) is 0 Å². The Morgan fingerprint density at radius 2 is 1.73 bits per heavy atom. The minimum absolute atomic E-state index is 0.0656. The Labute approximate surface area is 156 Å². The van der Waals surface area contributed by atoms with E-state index in [9.17, 15) is 16.8 Å². The molecule has 6 nitrogen and oxygen atoms in total. The normalized spacial score (nSPS) is 29.8. The second kappa shape index (κ2) is 6.89. The standard InChI is InChI=1S/C18H26N2O4S2/c21-25(22,13-16-11-15(16)10-14-4-2-1-3-5-14)20-9-8-18(12-20)26(23,24)19-17-6-7-17/h1-5,15-19H,6-13H2. The van der Waals surface area contributed by atoms with E-state index in [1.807, 2.05) is 18.2 Å². The quantitative estimate of drug-likeness (QED) is 0.716. The lowest BCUT2D eigenvalue weighted by molar-refractivity contribution is 0.472. The van der Waals surface area contributed by atoms with Crippen LogP contribution in [0.25, 0.3) is 0 Å². The molecule has 26 heavy (non-hydrogen) atoms. The average Bonchev–Trinajstić information content (AvgIpc) is 3.47. The van der Waals surface area contributed by atoms with Crippen molar-refractivity contribution in [2.24, 2.45) is 11.8 Å². The van der Waals surface area contributed by atoms with Crippen LogP contribution in [0.5, 0.6) is 0 Å². The van der Waals surface area contributed by atoms with Crippen molar-refractivity contribution >= 4 is 20.0 Å². The van der Waals surface area contributed by atoms with Crippen molar-refractivity contribution in [3.05, 3.63) is 35.9 Å². The predicted octanol–water partition coefficient (Wildman–Crippen LogP) is 1.35. The van der Waals surface area contributed by atoms with Crippen molar-refractivity contribution in [1.82, 2.24) is 9.03 Å². The summed E-state index contributed by atoms with van der Waals surface area (Å²) in [6.07, 6.45) is 4.02. The monoisotopic (exact) mass is 398 g/mol. The van der Waals surface area contributed by atoms with Crippen LogP contribution in [0.3, 0.4) is 0 Å². The highest BCUT2D eigenvalue weighted by Gasteiger charge is 2.45. The molecule has 1 N–H and O–H groups in total. The smallest absolute Gasteiger partial charge is 0.212 e. The van der Waals surface area contributed by atoms with Crippen LogP contribution in [0, 0.1) is 11.8 Å². The van der Waals surface area contributed by atoms with Gasteiger partial charge in [0.15, 0.2) is 0 Å². The molecule has 1 aromatic rings. The minimum Gasteiger partial charge on any atom is -0.212 e. The van der Waals surface area contributed by atoms with Gasteiger partial charge in [-0.1, -0.05) is 30.3 Å². The lowest BCUT2D eigenvalue weighted by Gasteiger charge is -2.17. The molecular weight excluding hydrogens is 372 g/mol. The summed E-state index contributed by atoms with van der Waals surface area (Å²) in [4.78, 5) is 0. The largest absolute Gasteiger partial charge is 0.216 e. The van der Waals surface area contributed by atoms with Gasteiger partial charge in [-0.15, -0.1) is 0 Å². The van der Waals surface area contributed by atoms with E-state index in [0.717, 1.165) is 25.7 Å². The summed E-state index contributed by atoms with van der Waals surface area (Å²) in [6.45, 7) is 0.412. The van der Waals surface area contributed by atoms with Crippen molar-refractivity contribution in [2.45, 2.75) is 43.4 Å². The SMILES string of the molecule is O=S(=O)(NC1CC1)C1CCN(S(=O)(=O)CC2CC2Cc2ccccc2)C1. The molecule has 1 heterocycles. The van der Waals surface area contributed by atoms with Crippen molar-refractivity contribution < 1.29 is 16.8 Å². The number of hydrogen-bond donors (Lipinski definition) is 1. The third kappa shape index (κ3) is 4.30. The van der Waals surface area contributed by atoms with Crippen LogP contribution in [0.15, 0.2) is 30.3 Å². The van der Waals surface area contributed by atoms with E-state index in [-0.39, 0.29) is 24.3 Å². The Bertz CT molecular complexity index is 850. The highest BCUT2D eigenvalue weighted by molar-refractivity contribution is 7.90. The average molecular weight is 399 g/mol. The van der Waals surface area contributed by atoms with Gasteiger partial charge in [0, 0.05) is 19.1 Å². The maximum atomic E-state index is 12.7. The fourth-order valence-corrected chi connectivity index (χ4v) is 7.52. The van der Waals surface area contributed by atoms with E-state index >= 15 is 0 Å². The zero-order valence-electron chi connectivity index (χ0n) is 14.7. The number of sulfonamides is 2. The summed E-state index contributed by atoms with van der Waals surface area (Å²) >= 11 is 0. The summed E-state index contributed by atoms with van der Waals surface area (Å²) < 4.78 is 54.1. The van der Waals surface area contributed by atoms with Crippen LogP contribution in [0.1, 0.15) is 31.2 Å². The van der Waals surface area contributed by atoms with E-state index in [1.165, 1.54) is 9.87 Å². The van der Waals surface area contributed by atoms with Crippen molar-refractivity contribution in [3.63, 3.8) is 0 Å². The molecule has 8 heteroatoms. The molecule has 3 unspecified atom stereocenters. The molecule has 4 rings (SSSR count). The molecule has 1 aliphatic heterocycles. The van der Waals surface area contributed by atoms with Crippen LogP contribution in [0.4, 0.5) is 0 Å². The van der Waals surface area contributed by atoms with E-state index in [4.69, 9.17) is 0 Å². The second-order valence-corrected chi connectivity index (χ2v) is 11.9. The lowest BCUT2D eigenvalue weighted by Crippen LogP contribution is -2.39. The Hall–Kier alpha value is -0.960. The van der Waals surface area contributed by atoms with E-state index in [2.05, 4.69) is 16.9 Å². The maximum Gasteiger partial charge on any atom is 0.216 e. The fraction of sp³-hybridized carbons (Fsp3) is 0.667. The molecule has 3 aliphatic rings. The topological polar surface area (TPSA) is 83.6 Å². The zero-order chi connectivity index (χ0) is 18.4. The van der Waals surface area contributed by atoms with Crippen LogP contribution < -0.4 is 4.72 Å². The van der Waals surface area contributed by atoms with Gasteiger partial charge in [-0.25, -0.2) is 25.9 Å². The van der Waals surface area contributed by atoms with Gasteiger partial charge in [0.05, 0.1) is 11.0 Å². The summed E-state index contributed by atoms with van der Waals surface area (Å²) in [6, 6.07) is 10.2. The molecule has 1 saturated heterocycles. The Morgan fingerprint density at radius 3 is 2.42 bits per heavy atom. The Kier molecular flexibility index (Phi) is 4.88. The summed E-state index contributed by atoms with van der Waals surface area (Å²) in [5.41, 5.74) is 1.25. The molecule has 0 aromatic heterocycles. The van der Waals surface area contributed by atoms with Gasteiger partial charge in [0.1, 0.15) is 0 Å². The first kappa shape index (κ1) is 18.4. The number of hydrogen-bond acceptors (Lipinski definition) is 4. The summed E-state index contributed by atoms with van der Waals surface area (Å²) in [5.74, 6) is 0.763. The Morgan fingerprint density at radius 1 is 1.00 bits per heavy atom. The molecule has 1 aromatic carbocycles. The zero-order valence-corrected chi connectivity index (χ0v) is 16.4. The van der Waals surface area contributed by atoms with Gasteiger partial charge in [-0.05, 0) is 49.5 Å². The first-order chi connectivity index (χ1) is 12.3. The third-order valence-electron chi connectivity index (χ3n) is 5.68. The second-order valence-electron chi connectivity index (χ2n) is 7.93. The molecule has 2 saturated carbocycles. The first-order valence-corrected chi connectivity index (χ1v) is 12.5. The van der Waals surface area contributed by atoms with Gasteiger partial charge in [-0.2, -0.15) is 0 Å². The number of rotatable bonds is 8. The van der Waals surface area contributed by atoms with E-state index in [0.29, 0.717) is 18.9 Å². The molecular formula is C18H26N2O4S2. The minimum atomic E-state index is -3.41. The molecule has 3 fully saturated rings. The number of nitrogens with one attached hydrogen (secondary N) is 1. The van der Waals surface area contributed by atoms with Gasteiger partial charge in [0.25, 0.3) is 0 Å². The number of benzene rings is 1. The van der Waals surface area contributed by atoms with Crippen LogP contribution in [-0.2, 0) is 26.5 Å². The van der Waals surface area contributed by atoms with E-state index < -0.39 is 25.3 Å². The molecule has 0 amide bonds. The third-order valence-corrected chi connectivity index (χ3v) is 9.57. The van der Waals surface area contributed by atoms with Gasteiger partial charge < -0.3 is 0 Å².